The van der Waals surface area contributed by atoms with Crippen LogP contribution in [-0.4, -0.2) is 43.7 Å². The van der Waals surface area contributed by atoms with Crippen molar-refractivity contribution in [1.82, 2.24) is 19.4 Å². The molecule has 0 spiro atoms. The Kier molecular flexibility index (Phi) is 4.67. The number of imidazole rings is 1. The average Bonchev–Trinajstić information content (AvgIpc) is 3.40. The Morgan fingerprint density at radius 1 is 1.00 bits per heavy atom. The standard InChI is InChI=1S/C24H22N4O2/c29-24(30)27-13-11-17(15-27)16-28-22-10-12-25-14-21(22)26-23(28)20-8-6-19(7-9-20)18-4-2-1-3-5-18/h1-10,12,14,17H,11,13,15-16H2,(H,29,30). The minimum Gasteiger partial charge on any atom is -0.465 e. The number of aromatic nitrogens is 3. The van der Waals surface area contributed by atoms with Crippen molar-refractivity contribution in [2.24, 2.45) is 5.92 Å². The van der Waals surface area contributed by atoms with E-state index in [2.05, 4.69) is 45.9 Å². The van der Waals surface area contributed by atoms with E-state index in [1.165, 1.54) is 10.5 Å². The van der Waals surface area contributed by atoms with Gasteiger partial charge in [-0.05, 0) is 29.5 Å². The van der Waals surface area contributed by atoms with Crippen LogP contribution in [0.3, 0.4) is 0 Å². The summed E-state index contributed by atoms with van der Waals surface area (Å²) >= 11 is 0. The normalized spacial score (nSPS) is 16.3. The van der Waals surface area contributed by atoms with E-state index in [4.69, 9.17) is 4.98 Å². The first-order valence-corrected chi connectivity index (χ1v) is 10.1. The van der Waals surface area contributed by atoms with Crippen LogP contribution in [0, 0.1) is 5.92 Å². The summed E-state index contributed by atoms with van der Waals surface area (Å²) in [5, 5.41) is 9.28. The second kappa shape index (κ2) is 7.63. The Morgan fingerprint density at radius 2 is 1.73 bits per heavy atom. The van der Waals surface area contributed by atoms with Crippen LogP contribution >= 0.6 is 0 Å². The number of hydrogen-bond donors (Lipinski definition) is 1. The Hall–Kier alpha value is -3.67. The maximum absolute atomic E-state index is 11.3. The molecule has 2 aromatic heterocycles. The summed E-state index contributed by atoms with van der Waals surface area (Å²) < 4.78 is 2.21. The van der Waals surface area contributed by atoms with Gasteiger partial charge in [0.2, 0.25) is 0 Å². The van der Waals surface area contributed by atoms with Gasteiger partial charge < -0.3 is 14.6 Å². The second-order valence-electron chi connectivity index (χ2n) is 7.74. The zero-order valence-electron chi connectivity index (χ0n) is 16.5. The number of pyridine rings is 1. The van der Waals surface area contributed by atoms with E-state index in [9.17, 15) is 9.90 Å². The molecule has 1 N–H and O–H groups in total. The third-order valence-electron chi connectivity index (χ3n) is 5.80. The van der Waals surface area contributed by atoms with Crippen molar-refractivity contribution in [1.29, 1.82) is 0 Å². The molecule has 1 atom stereocenters. The Morgan fingerprint density at radius 3 is 2.47 bits per heavy atom. The summed E-state index contributed by atoms with van der Waals surface area (Å²) in [4.78, 5) is 21.9. The van der Waals surface area contributed by atoms with Gasteiger partial charge in [-0.3, -0.25) is 4.98 Å². The minimum absolute atomic E-state index is 0.272. The van der Waals surface area contributed by atoms with Gasteiger partial charge in [-0.2, -0.15) is 0 Å². The highest BCUT2D eigenvalue weighted by atomic mass is 16.4. The number of hydrogen-bond acceptors (Lipinski definition) is 3. The Labute approximate surface area is 174 Å². The minimum atomic E-state index is -0.839. The Balaban J connectivity index is 1.50. The molecule has 1 aliphatic rings. The number of rotatable bonds is 4. The lowest BCUT2D eigenvalue weighted by molar-refractivity contribution is 0.153. The zero-order valence-corrected chi connectivity index (χ0v) is 16.5. The van der Waals surface area contributed by atoms with Crippen LogP contribution in [0.25, 0.3) is 33.5 Å². The van der Waals surface area contributed by atoms with E-state index >= 15 is 0 Å². The van der Waals surface area contributed by atoms with Crippen molar-refractivity contribution >= 4 is 17.1 Å². The summed E-state index contributed by atoms with van der Waals surface area (Å²) in [6.07, 6.45) is 3.59. The molecule has 0 saturated carbocycles. The molecular weight excluding hydrogens is 376 g/mol. The van der Waals surface area contributed by atoms with Crippen molar-refractivity contribution in [2.75, 3.05) is 13.1 Å². The van der Waals surface area contributed by atoms with Crippen LogP contribution in [0.1, 0.15) is 6.42 Å². The molecule has 6 heteroatoms. The van der Waals surface area contributed by atoms with E-state index in [1.54, 1.807) is 12.4 Å². The van der Waals surface area contributed by atoms with Crippen molar-refractivity contribution in [3.8, 4) is 22.5 Å². The van der Waals surface area contributed by atoms with Crippen LogP contribution in [-0.2, 0) is 6.54 Å². The molecule has 1 aliphatic heterocycles. The molecule has 1 fully saturated rings. The molecule has 2 aromatic carbocycles. The molecule has 1 amide bonds. The van der Waals surface area contributed by atoms with E-state index < -0.39 is 6.09 Å². The van der Waals surface area contributed by atoms with Crippen molar-refractivity contribution in [3.63, 3.8) is 0 Å². The van der Waals surface area contributed by atoms with Crippen LogP contribution in [0.2, 0.25) is 0 Å². The molecule has 4 aromatic rings. The second-order valence-corrected chi connectivity index (χ2v) is 7.74. The number of benzene rings is 2. The SMILES string of the molecule is O=C(O)N1CCC(Cn2c(-c3ccc(-c4ccccc4)cc3)nc3cnccc32)C1. The van der Waals surface area contributed by atoms with Gasteiger partial charge in [0.15, 0.2) is 0 Å². The quantitative estimate of drug-likeness (QED) is 0.538. The topological polar surface area (TPSA) is 71.2 Å². The average molecular weight is 398 g/mol. The predicted molar refractivity (Wildman–Crippen MR) is 116 cm³/mol. The monoisotopic (exact) mass is 398 g/mol. The third kappa shape index (κ3) is 3.41. The highest BCUT2D eigenvalue weighted by Crippen LogP contribution is 2.29. The van der Waals surface area contributed by atoms with Gasteiger partial charge in [-0.15, -0.1) is 0 Å². The van der Waals surface area contributed by atoms with Crippen molar-refractivity contribution < 1.29 is 9.90 Å². The first-order chi connectivity index (χ1) is 14.7. The highest BCUT2D eigenvalue weighted by molar-refractivity contribution is 5.80. The molecule has 0 radical (unpaired) electrons. The molecule has 150 valence electrons. The first-order valence-electron chi connectivity index (χ1n) is 10.1. The van der Waals surface area contributed by atoms with E-state index in [1.807, 2.05) is 24.3 Å². The van der Waals surface area contributed by atoms with Crippen LogP contribution in [0.15, 0.2) is 73.1 Å². The Bertz CT molecular complexity index is 1190. The first kappa shape index (κ1) is 18.4. The number of carbonyl (C=O) groups is 1. The number of likely N-dealkylation sites (tertiary alicyclic amines) is 1. The summed E-state index contributed by atoms with van der Waals surface area (Å²) in [5.41, 5.74) is 5.27. The highest BCUT2D eigenvalue weighted by Gasteiger charge is 2.27. The van der Waals surface area contributed by atoms with Crippen molar-refractivity contribution in [2.45, 2.75) is 13.0 Å². The van der Waals surface area contributed by atoms with Gasteiger partial charge in [0.05, 0.1) is 11.7 Å². The third-order valence-corrected chi connectivity index (χ3v) is 5.80. The lowest BCUT2D eigenvalue weighted by atomic mass is 10.0. The predicted octanol–water partition coefficient (Wildman–Crippen LogP) is 4.77. The van der Waals surface area contributed by atoms with E-state index in [-0.39, 0.29) is 5.92 Å². The molecule has 0 bridgehead atoms. The lowest BCUT2D eigenvalue weighted by Gasteiger charge is -2.15. The summed E-state index contributed by atoms with van der Waals surface area (Å²) in [7, 11) is 0. The molecule has 3 heterocycles. The van der Waals surface area contributed by atoms with Gasteiger partial charge in [0.1, 0.15) is 11.3 Å². The van der Waals surface area contributed by atoms with Crippen LogP contribution < -0.4 is 0 Å². The molecule has 5 rings (SSSR count). The maximum atomic E-state index is 11.3. The molecule has 6 nitrogen and oxygen atoms in total. The van der Waals surface area contributed by atoms with Gasteiger partial charge >= 0.3 is 6.09 Å². The zero-order chi connectivity index (χ0) is 20.5. The maximum Gasteiger partial charge on any atom is 0.407 e. The molecule has 1 saturated heterocycles. The summed E-state index contributed by atoms with van der Waals surface area (Å²) in [5.74, 6) is 1.17. The molecule has 0 aliphatic carbocycles. The van der Waals surface area contributed by atoms with Gasteiger partial charge in [0, 0.05) is 31.4 Å². The summed E-state index contributed by atoms with van der Waals surface area (Å²) in [6.45, 7) is 1.89. The fourth-order valence-corrected chi connectivity index (χ4v) is 4.24. The van der Waals surface area contributed by atoms with Crippen LogP contribution in [0.4, 0.5) is 4.79 Å². The van der Waals surface area contributed by atoms with E-state index in [0.29, 0.717) is 13.1 Å². The molecular formula is C24H22N4O2. The van der Waals surface area contributed by atoms with Gasteiger partial charge in [0.25, 0.3) is 0 Å². The largest absolute Gasteiger partial charge is 0.465 e. The number of carboxylic acid groups (broad SMARTS) is 1. The number of fused-ring (bicyclic) bond motifs is 1. The number of nitrogens with zero attached hydrogens (tertiary/aromatic N) is 4. The van der Waals surface area contributed by atoms with Gasteiger partial charge in [-0.1, -0.05) is 54.6 Å². The molecule has 1 unspecified atom stereocenters. The fourth-order valence-electron chi connectivity index (χ4n) is 4.24. The van der Waals surface area contributed by atoms with Crippen LogP contribution in [0.5, 0.6) is 0 Å². The smallest absolute Gasteiger partial charge is 0.407 e. The summed E-state index contributed by atoms with van der Waals surface area (Å²) in [6, 6.07) is 20.7. The lowest BCUT2D eigenvalue weighted by Crippen LogP contribution is -2.27. The van der Waals surface area contributed by atoms with Crippen molar-refractivity contribution in [3.05, 3.63) is 73.1 Å². The number of amides is 1. The fraction of sp³-hybridized carbons (Fsp3) is 0.208. The van der Waals surface area contributed by atoms with E-state index in [0.717, 1.165) is 41.0 Å². The van der Waals surface area contributed by atoms with Gasteiger partial charge in [-0.25, -0.2) is 9.78 Å². The molecule has 30 heavy (non-hydrogen) atoms.